The fourth-order valence-electron chi connectivity index (χ4n) is 2.23. The zero-order valence-electron chi connectivity index (χ0n) is 12.5. The number of nitro groups is 1. The van der Waals surface area contributed by atoms with Crippen LogP contribution in [0.3, 0.4) is 0 Å². The van der Waals surface area contributed by atoms with Gasteiger partial charge in [-0.1, -0.05) is 34.8 Å². The first-order valence-corrected chi connectivity index (χ1v) is 7.92. The van der Waals surface area contributed by atoms with Gasteiger partial charge in [-0.15, -0.1) is 0 Å². The number of anilines is 1. The fourth-order valence-corrected chi connectivity index (χ4v) is 3.21. The van der Waals surface area contributed by atoms with Crippen LogP contribution in [0.15, 0.2) is 39.4 Å². The lowest BCUT2D eigenvalue weighted by Crippen LogP contribution is -2.22. The molecule has 2 heterocycles. The molecule has 10 heteroatoms. The molecule has 0 aliphatic carbocycles. The van der Waals surface area contributed by atoms with Crippen LogP contribution in [0.5, 0.6) is 0 Å². The smallest absolute Gasteiger partial charge is 0.401 e. The van der Waals surface area contributed by atoms with Crippen LogP contribution in [0.2, 0.25) is 15.1 Å². The molecule has 0 radical (unpaired) electrons. The Hall–Kier alpha value is -2.35. The molecule has 0 spiro atoms. The first kappa shape index (κ1) is 17.5. The summed E-state index contributed by atoms with van der Waals surface area (Å²) in [5.74, 6) is -0.769. The number of amides is 1. The lowest BCUT2D eigenvalue weighted by Gasteiger charge is -2.15. The molecule has 7 nitrogen and oxygen atoms in total. The van der Waals surface area contributed by atoms with Crippen LogP contribution in [-0.4, -0.2) is 16.5 Å². The van der Waals surface area contributed by atoms with Crippen molar-refractivity contribution in [3.8, 4) is 0 Å². The maximum absolute atomic E-state index is 12.7. The predicted octanol–water partition coefficient (Wildman–Crippen LogP) is 4.95. The average molecular weight is 401 g/mol. The molecule has 0 fully saturated rings. The normalized spacial score (nSPS) is 15.8. The maximum atomic E-state index is 12.7. The van der Waals surface area contributed by atoms with Gasteiger partial charge in [0.25, 0.3) is 5.91 Å². The van der Waals surface area contributed by atoms with E-state index >= 15 is 0 Å². The van der Waals surface area contributed by atoms with Crippen LogP contribution < -0.4 is 5.01 Å². The van der Waals surface area contributed by atoms with Crippen molar-refractivity contribution in [1.82, 2.24) is 0 Å². The van der Waals surface area contributed by atoms with Gasteiger partial charge in [0.1, 0.15) is 16.4 Å². The molecule has 0 atom stereocenters. The SMILES string of the molecule is CC1=NN(c2c(Cl)cc(Cl)cc2Cl)C(=O)/C1=C\c1ccc([N+](=O)[O-])o1. The van der Waals surface area contributed by atoms with Crippen molar-refractivity contribution in [3.05, 3.63) is 60.8 Å². The molecule has 128 valence electrons. The van der Waals surface area contributed by atoms with Crippen molar-refractivity contribution in [2.45, 2.75) is 6.92 Å². The molecule has 0 bridgehead atoms. The number of rotatable bonds is 3. The number of carbonyl (C=O) groups is 1. The topological polar surface area (TPSA) is 89.0 Å². The standard InChI is InChI=1S/C15H8Cl3N3O4/c1-7-10(6-9-2-3-13(25-9)21(23)24)15(22)20(19-7)14-11(17)4-8(16)5-12(14)18/h2-6H,1H3/b10-6-. The van der Waals surface area contributed by atoms with Gasteiger partial charge < -0.3 is 4.42 Å². The highest BCUT2D eigenvalue weighted by Gasteiger charge is 2.32. The summed E-state index contributed by atoms with van der Waals surface area (Å²) >= 11 is 18.1. The van der Waals surface area contributed by atoms with E-state index in [-0.39, 0.29) is 27.1 Å². The van der Waals surface area contributed by atoms with Crippen LogP contribution >= 0.6 is 34.8 Å². The lowest BCUT2D eigenvalue weighted by molar-refractivity contribution is -0.402. The Kier molecular flexibility index (Phi) is 4.55. The molecule has 1 amide bonds. The molecule has 0 N–H and O–H groups in total. The molecule has 1 aromatic heterocycles. The molecular formula is C15H8Cl3N3O4. The Morgan fingerprint density at radius 3 is 2.44 bits per heavy atom. The van der Waals surface area contributed by atoms with Gasteiger partial charge in [0.2, 0.25) is 0 Å². The maximum Gasteiger partial charge on any atom is 0.433 e. The monoisotopic (exact) mass is 399 g/mol. The van der Waals surface area contributed by atoms with Gasteiger partial charge >= 0.3 is 5.88 Å². The van der Waals surface area contributed by atoms with Crippen molar-refractivity contribution in [2.75, 3.05) is 5.01 Å². The summed E-state index contributed by atoms with van der Waals surface area (Å²) < 4.78 is 5.04. The van der Waals surface area contributed by atoms with Crippen molar-refractivity contribution in [1.29, 1.82) is 0 Å². The number of hydrogen-bond acceptors (Lipinski definition) is 5. The molecule has 2 aromatic rings. The van der Waals surface area contributed by atoms with Crippen molar-refractivity contribution in [2.24, 2.45) is 5.10 Å². The molecular weight excluding hydrogens is 393 g/mol. The van der Waals surface area contributed by atoms with Crippen LogP contribution in [0.25, 0.3) is 6.08 Å². The van der Waals surface area contributed by atoms with Crippen LogP contribution in [0.4, 0.5) is 11.6 Å². The second kappa shape index (κ2) is 6.51. The first-order valence-electron chi connectivity index (χ1n) is 6.78. The third-order valence-electron chi connectivity index (χ3n) is 3.34. The number of furan rings is 1. The van der Waals surface area contributed by atoms with Gasteiger partial charge in [-0.05, 0) is 31.2 Å². The largest absolute Gasteiger partial charge is 0.433 e. The van der Waals surface area contributed by atoms with Crippen molar-refractivity contribution < 1.29 is 14.1 Å². The summed E-state index contributed by atoms with van der Waals surface area (Å²) in [6.07, 6.45) is 1.37. The van der Waals surface area contributed by atoms with Crippen molar-refractivity contribution >= 4 is 64.1 Å². The zero-order valence-corrected chi connectivity index (χ0v) is 14.8. The molecule has 1 aliphatic rings. The van der Waals surface area contributed by atoms with Crippen LogP contribution in [0, 0.1) is 10.1 Å². The van der Waals surface area contributed by atoms with E-state index in [0.717, 1.165) is 5.01 Å². The van der Waals surface area contributed by atoms with E-state index in [1.807, 2.05) is 0 Å². The summed E-state index contributed by atoms with van der Waals surface area (Å²) in [4.78, 5) is 22.7. The minimum atomic E-state index is -0.668. The predicted molar refractivity (Wildman–Crippen MR) is 95.4 cm³/mol. The van der Waals surface area contributed by atoms with E-state index in [4.69, 9.17) is 39.2 Å². The highest BCUT2D eigenvalue weighted by molar-refractivity contribution is 6.44. The summed E-state index contributed by atoms with van der Waals surface area (Å²) in [7, 11) is 0. The Morgan fingerprint density at radius 1 is 1.24 bits per heavy atom. The molecule has 1 aromatic carbocycles. The van der Waals surface area contributed by atoms with Gasteiger partial charge in [-0.2, -0.15) is 10.1 Å². The number of benzene rings is 1. The molecule has 3 rings (SSSR count). The van der Waals surface area contributed by atoms with Crippen molar-refractivity contribution in [3.63, 3.8) is 0 Å². The lowest BCUT2D eigenvalue weighted by atomic mass is 10.1. The Morgan fingerprint density at radius 2 is 1.88 bits per heavy atom. The highest BCUT2D eigenvalue weighted by atomic mass is 35.5. The van der Waals surface area contributed by atoms with E-state index in [1.165, 1.54) is 30.3 Å². The highest BCUT2D eigenvalue weighted by Crippen LogP contribution is 2.39. The minimum absolute atomic E-state index is 0.153. The van der Waals surface area contributed by atoms with Gasteiger partial charge in [0.15, 0.2) is 0 Å². The van der Waals surface area contributed by atoms with Gasteiger partial charge in [0, 0.05) is 5.02 Å². The zero-order chi connectivity index (χ0) is 18.3. The Bertz CT molecular complexity index is 942. The number of hydrogen-bond donors (Lipinski definition) is 0. The van der Waals surface area contributed by atoms with Gasteiger partial charge in [-0.3, -0.25) is 14.9 Å². The number of halogens is 3. The third-order valence-corrected chi connectivity index (χ3v) is 4.13. The van der Waals surface area contributed by atoms with Crippen LogP contribution in [-0.2, 0) is 4.79 Å². The summed E-state index contributed by atoms with van der Waals surface area (Å²) in [5, 5.41) is 16.5. The summed E-state index contributed by atoms with van der Waals surface area (Å²) in [5.41, 5.74) is 0.781. The Labute approximate surface area is 156 Å². The molecule has 0 unspecified atom stereocenters. The molecule has 25 heavy (non-hydrogen) atoms. The summed E-state index contributed by atoms with van der Waals surface area (Å²) in [6.45, 7) is 1.61. The Balaban J connectivity index is 1.99. The minimum Gasteiger partial charge on any atom is -0.401 e. The van der Waals surface area contributed by atoms with E-state index in [1.54, 1.807) is 6.92 Å². The number of nitrogens with zero attached hydrogens (tertiary/aromatic N) is 3. The second-order valence-electron chi connectivity index (χ2n) is 5.01. The molecule has 0 saturated carbocycles. The van der Waals surface area contributed by atoms with E-state index in [2.05, 4.69) is 5.10 Å². The summed E-state index contributed by atoms with van der Waals surface area (Å²) in [6, 6.07) is 5.47. The van der Waals surface area contributed by atoms with Gasteiger partial charge in [0.05, 0.1) is 27.4 Å². The first-order chi connectivity index (χ1) is 11.8. The molecule has 1 aliphatic heterocycles. The average Bonchev–Trinajstić information content (AvgIpc) is 3.08. The third kappa shape index (κ3) is 3.26. The fraction of sp³-hybridized carbons (Fsp3) is 0.0667. The number of carbonyl (C=O) groups excluding carboxylic acids is 1. The van der Waals surface area contributed by atoms with Gasteiger partial charge in [-0.25, -0.2) is 0 Å². The number of hydrazone groups is 1. The van der Waals surface area contributed by atoms with E-state index in [9.17, 15) is 14.9 Å². The van der Waals surface area contributed by atoms with E-state index < -0.39 is 16.7 Å². The van der Waals surface area contributed by atoms with E-state index in [0.29, 0.717) is 10.7 Å². The molecule has 0 saturated heterocycles. The quantitative estimate of drug-likeness (QED) is 0.414. The van der Waals surface area contributed by atoms with Crippen LogP contribution in [0.1, 0.15) is 12.7 Å². The second-order valence-corrected chi connectivity index (χ2v) is 6.26.